The average Bonchev–Trinajstić information content (AvgIpc) is 1.66. The van der Waals surface area contributed by atoms with Crippen molar-refractivity contribution in [3.8, 4) is 0 Å². The first-order valence-electron chi connectivity index (χ1n) is 34.2. The van der Waals surface area contributed by atoms with Crippen molar-refractivity contribution in [2.75, 3.05) is 75.9 Å². The van der Waals surface area contributed by atoms with E-state index in [2.05, 4.69) is 64.6 Å². The Labute approximate surface area is 664 Å². The number of aromatic amines is 3. The molecule has 0 amide bonds. The van der Waals surface area contributed by atoms with Crippen LogP contribution in [0.4, 0.5) is 31.0 Å². The van der Waals surface area contributed by atoms with Gasteiger partial charge in [0.25, 0.3) is 34.5 Å². The van der Waals surface area contributed by atoms with E-state index in [1.54, 1.807) is 74.4 Å². The minimum absolute atomic E-state index is 0.0104. The molecule has 6 aromatic heterocycles. The zero-order chi connectivity index (χ0) is 82.1. The molecule has 5 aromatic carbocycles. The number of hydrogen-bond acceptors (Lipinski definition) is 30. The van der Waals surface area contributed by atoms with E-state index in [-0.39, 0.29) is 172 Å². The number of aromatic nitrogens is 12. The van der Waals surface area contributed by atoms with Crippen LogP contribution in [0.2, 0.25) is 10.0 Å². The molecule has 3 unspecified atom stereocenters. The average molecular weight is 1700 g/mol. The molecule has 44 heteroatoms. The molecular formula is C72H69Cl2F3N15O21P3. The quantitative estimate of drug-likeness (QED) is 0.0159. The van der Waals surface area contributed by atoms with Gasteiger partial charge in [-0.15, -0.1) is 0 Å². The van der Waals surface area contributed by atoms with Crippen molar-refractivity contribution in [2.24, 2.45) is 0 Å². The van der Waals surface area contributed by atoms with Gasteiger partial charge in [0.05, 0.1) is 58.6 Å². The molecule has 0 saturated carbocycles. The molecule has 36 nitrogen and oxygen atoms in total. The number of anilines is 3. The van der Waals surface area contributed by atoms with Crippen LogP contribution in [0.3, 0.4) is 0 Å². The Balaban J connectivity index is 0.000000161. The maximum atomic E-state index is 13.7. The summed E-state index contributed by atoms with van der Waals surface area (Å²) in [6.45, 7) is 10.3. The number of ether oxygens (including phenoxy) is 9. The number of H-pyrrole nitrogens is 3. The first-order valence-corrected chi connectivity index (χ1v) is 40.2. The fourth-order valence-corrected chi connectivity index (χ4v) is 14.7. The van der Waals surface area contributed by atoms with E-state index >= 15 is 0 Å². The summed E-state index contributed by atoms with van der Waals surface area (Å²) in [5.41, 5.74) is 19.4. The molecule has 9 heterocycles. The highest BCUT2D eigenvalue weighted by molar-refractivity contribution is 7.54. The van der Waals surface area contributed by atoms with E-state index in [1.165, 1.54) is 85.9 Å². The summed E-state index contributed by atoms with van der Waals surface area (Å²) in [7, 11) is -11.7. The Hall–Kier alpha value is -11.5. The minimum Gasteiger partial charge on any atom is -0.431 e. The maximum absolute atomic E-state index is 13.7. The second-order valence-corrected chi connectivity index (χ2v) is 31.4. The third kappa shape index (κ3) is 22.9. The molecule has 3 aliphatic rings. The molecule has 0 bridgehead atoms. The van der Waals surface area contributed by atoms with Crippen molar-refractivity contribution >= 4 is 109 Å². The summed E-state index contributed by atoms with van der Waals surface area (Å²) in [4.78, 5) is 67.4. The number of hydrogen-bond donors (Lipinski definition) is 6. The standard InChI is InChI=1S/C26H24ClFN5O7P.C26H24F2N5O7P.C20H21ClN5O7P/c2*1-16-39-21(23(40-16)18-5-7-19(27)8-6-18)13-38-41(35,37-12-17-3-2-4-20(28)11-17)15-36-10-9-33-14-30-22-24(33)31-26(29)32-25(22)34;1-13-30-9-16(33-13)10-32-34(28,31-8-14-3-2-4-15(21)7-14)12-29-6-5-26-11-23-17-18(26)24-20(22)25-19(17)27/h2*2-8,11,14H,1,9-10,12-13,15H2,(H3,29,31,32,34);2-4,7,9,11H,1,5-6,8,10,12H2,(H3,22,24,25,27). The Bertz CT molecular complexity index is 5650. The highest BCUT2D eigenvalue weighted by Crippen LogP contribution is 2.53. The van der Waals surface area contributed by atoms with Crippen LogP contribution in [-0.2, 0) is 123 Å². The van der Waals surface area contributed by atoms with E-state index in [4.69, 9.17) is 110 Å². The summed E-state index contributed by atoms with van der Waals surface area (Å²) in [5.74, 6) is -0.313. The molecule has 0 radical (unpaired) electrons. The third-order valence-electron chi connectivity index (χ3n) is 16.0. The van der Waals surface area contributed by atoms with Crippen molar-refractivity contribution in [2.45, 2.75) is 39.5 Å². The van der Waals surface area contributed by atoms with Crippen molar-refractivity contribution < 1.29 is 96.6 Å². The summed E-state index contributed by atoms with van der Waals surface area (Å²) in [6, 6.07) is 30.5. The fourth-order valence-electron chi connectivity index (χ4n) is 10.6. The third-order valence-corrected chi connectivity index (χ3v) is 21.1. The van der Waals surface area contributed by atoms with Crippen LogP contribution in [-0.4, -0.2) is 117 Å². The first kappa shape index (κ1) is 83.9. The Morgan fingerprint density at radius 1 is 0.431 bits per heavy atom. The predicted molar refractivity (Wildman–Crippen MR) is 413 cm³/mol. The lowest BCUT2D eigenvalue weighted by Gasteiger charge is -2.19. The first-order chi connectivity index (χ1) is 55.7. The molecule has 116 heavy (non-hydrogen) atoms. The molecule has 0 aliphatic carbocycles. The van der Waals surface area contributed by atoms with Gasteiger partial charge in [0, 0.05) is 40.8 Å². The second kappa shape index (κ2) is 38.3. The molecule has 0 fully saturated rings. The van der Waals surface area contributed by atoms with Crippen LogP contribution in [0.5, 0.6) is 0 Å². The van der Waals surface area contributed by atoms with Crippen LogP contribution < -0.4 is 33.9 Å². The van der Waals surface area contributed by atoms with Crippen LogP contribution in [0.15, 0.2) is 216 Å². The summed E-state index contributed by atoms with van der Waals surface area (Å²) in [6.07, 6.45) is 4.29. The minimum atomic E-state index is -3.99. The van der Waals surface area contributed by atoms with Crippen molar-refractivity contribution in [3.63, 3.8) is 0 Å². The van der Waals surface area contributed by atoms with Crippen molar-refractivity contribution in [3.05, 3.63) is 288 Å². The van der Waals surface area contributed by atoms with Crippen LogP contribution in [0.1, 0.15) is 27.8 Å². The SMILES string of the molecule is C=C1OC(COP(=O)(COCCn2cnc3c(=O)[nH]c(N)nc32)OCc2cccc(F)c2)=C(c2ccc(Cl)cc2)O1.C=C1OC(COP(=O)(COCCn2cnc3c(=O)[nH]c(N)nc32)OCc2cccc(F)c2)=C(c2ccc(F)cc2)O1.C=C1OC=C(COP(=O)(COCCn2cnc3c(=O)[nH]c(N)nc32)OCc2cccc(Cl)c2)O1. The van der Waals surface area contributed by atoms with Crippen molar-refractivity contribution in [1.29, 1.82) is 0 Å². The molecule has 14 rings (SSSR count). The summed E-state index contributed by atoms with van der Waals surface area (Å²) in [5, 5.41) is 1.06. The van der Waals surface area contributed by atoms with Gasteiger partial charge in [0.15, 0.2) is 62.3 Å². The van der Waals surface area contributed by atoms with Gasteiger partial charge in [-0.3, -0.25) is 56.6 Å². The number of rotatable bonds is 35. The van der Waals surface area contributed by atoms with Crippen LogP contribution in [0.25, 0.3) is 45.0 Å². The number of imidazole rings is 3. The smallest absolute Gasteiger partial charge is 0.356 e. The van der Waals surface area contributed by atoms with Gasteiger partial charge in [-0.25, -0.2) is 28.1 Å². The van der Waals surface area contributed by atoms with Gasteiger partial charge in [-0.05, 0) is 121 Å². The molecule has 0 spiro atoms. The zero-order valence-corrected chi connectivity index (χ0v) is 64.8. The monoisotopic (exact) mass is 1700 g/mol. The van der Waals surface area contributed by atoms with Crippen molar-refractivity contribution in [1.82, 2.24) is 58.6 Å². The number of nitrogens with two attached hydrogens (primary N) is 3. The zero-order valence-electron chi connectivity index (χ0n) is 60.6. The number of nitrogens with zero attached hydrogens (tertiary/aromatic N) is 9. The lowest BCUT2D eigenvalue weighted by atomic mass is 10.1. The molecule has 3 aliphatic heterocycles. The Morgan fingerprint density at radius 3 is 1.18 bits per heavy atom. The highest BCUT2D eigenvalue weighted by Gasteiger charge is 2.34. The lowest BCUT2D eigenvalue weighted by molar-refractivity contribution is 0.114. The normalized spacial score (nSPS) is 14.8. The molecule has 3 atom stereocenters. The molecule has 11 aromatic rings. The van der Waals surface area contributed by atoms with Gasteiger partial charge in [0.2, 0.25) is 17.8 Å². The maximum Gasteiger partial charge on any atom is 0.356 e. The molecule has 608 valence electrons. The van der Waals surface area contributed by atoms with E-state index in [9.17, 15) is 41.3 Å². The van der Waals surface area contributed by atoms with Crippen LogP contribution >= 0.6 is 46.0 Å². The molecular weight excluding hydrogens is 1630 g/mol. The van der Waals surface area contributed by atoms with Gasteiger partial charge >= 0.3 is 22.8 Å². The van der Waals surface area contributed by atoms with E-state index in [0.29, 0.717) is 49.3 Å². The van der Waals surface area contributed by atoms with Gasteiger partial charge in [-0.2, -0.15) is 15.0 Å². The second-order valence-electron chi connectivity index (χ2n) is 24.5. The van der Waals surface area contributed by atoms with Gasteiger partial charge in [-0.1, -0.05) is 59.6 Å². The van der Waals surface area contributed by atoms with E-state index < -0.39 is 69.6 Å². The highest BCUT2D eigenvalue weighted by atomic mass is 35.5. The van der Waals surface area contributed by atoms with E-state index in [0.717, 1.165) is 0 Å². The topological polar surface area (TPSA) is 458 Å². The number of halogens is 5. The number of nitrogens with one attached hydrogen (secondary N) is 3. The summed E-state index contributed by atoms with van der Waals surface area (Å²) < 4.78 is 169. The molecule has 0 saturated heterocycles. The van der Waals surface area contributed by atoms with Crippen LogP contribution in [0, 0.1) is 17.5 Å². The van der Waals surface area contributed by atoms with E-state index in [1.807, 2.05) is 0 Å². The fraction of sp³-hybridized carbons (Fsp3) is 0.208. The lowest BCUT2D eigenvalue weighted by Crippen LogP contribution is -2.13. The largest absolute Gasteiger partial charge is 0.431 e. The van der Waals surface area contributed by atoms with Gasteiger partial charge < -0.3 is 87.1 Å². The number of nitrogen functional groups attached to an aromatic ring is 3. The Kier molecular flexibility index (Phi) is 27.7. The number of benzene rings is 5. The number of fused-ring (bicyclic) bond motifs is 3. The molecule has 9 N–H and O–H groups in total. The predicted octanol–water partition coefficient (Wildman–Crippen LogP) is 12.2. The summed E-state index contributed by atoms with van der Waals surface area (Å²) >= 11 is 12.0. The Morgan fingerprint density at radius 2 is 0.802 bits per heavy atom. The van der Waals surface area contributed by atoms with Gasteiger partial charge in [0.1, 0.15) is 62.6 Å².